The molecule has 0 aromatic heterocycles. The quantitative estimate of drug-likeness (QED) is 0.656. The highest BCUT2D eigenvalue weighted by atomic mass is 16.4. The van der Waals surface area contributed by atoms with Gasteiger partial charge in [-0.25, -0.2) is 0 Å². The van der Waals surface area contributed by atoms with Crippen molar-refractivity contribution in [3.05, 3.63) is 11.8 Å². The van der Waals surface area contributed by atoms with Crippen LogP contribution >= 0.6 is 0 Å². The molecule has 0 saturated carbocycles. The molecule has 0 atom stereocenters. The Balaban J connectivity index is 3.94. The first-order valence-electron chi connectivity index (χ1n) is 3.95. The van der Waals surface area contributed by atoms with Crippen LogP contribution in [0.3, 0.4) is 0 Å². The predicted octanol–water partition coefficient (Wildman–Crippen LogP) is 2.24. The number of hydrogen-bond acceptors (Lipinski definition) is 2. The highest BCUT2D eigenvalue weighted by Gasteiger charge is 1.98. The van der Waals surface area contributed by atoms with E-state index in [0.717, 1.165) is 11.4 Å². The first-order chi connectivity index (χ1) is 5.56. The van der Waals surface area contributed by atoms with E-state index in [1.165, 1.54) is 0 Å². The van der Waals surface area contributed by atoms with Crippen molar-refractivity contribution < 1.29 is 9.90 Å². The molecule has 12 heavy (non-hydrogen) atoms. The van der Waals surface area contributed by atoms with E-state index in [-0.39, 0.29) is 6.42 Å². The number of rotatable bonds is 4. The van der Waals surface area contributed by atoms with Crippen LogP contribution in [0.5, 0.6) is 0 Å². The van der Waals surface area contributed by atoms with E-state index in [0.29, 0.717) is 6.42 Å². The first kappa shape index (κ1) is 10.9. The summed E-state index contributed by atoms with van der Waals surface area (Å²) in [5.74, 6) is -0.775. The van der Waals surface area contributed by atoms with Crippen molar-refractivity contribution >= 4 is 11.7 Å². The summed E-state index contributed by atoms with van der Waals surface area (Å²) < 4.78 is 0. The highest BCUT2D eigenvalue weighted by molar-refractivity contribution is 5.85. The van der Waals surface area contributed by atoms with E-state index in [1.54, 1.807) is 0 Å². The molecule has 0 aliphatic carbocycles. The minimum absolute atomic E-state index is 0.159. The van der Waals surface area contributed by atoms with E-state index in [4.69, 9.17) is 5.11 Å². The van der Waals surface area contributed by atoms with E-state index in [1.807, 2.05) is 26.8 Å². The second kappa shape index (κ2) is 5.52. The summed E-state index contributed by atoms with van der Waals surface area (Å²) in [5, 5.41) is 8.38. The van der Waals surface area contributed by atoms with Crippen LogP contribution in [0.25, 0.3) is 0 Å². The van der Waals surface area contributed by atoms with Gasteiger partial charge in [0.05, 0.1) is 6.42 Å². The molecule has 1 N–H and O–H groups in total. The average Bonchev–Trinajstić information content (AvgIpc) is 2.00. The van der Waals surface area contributed by atoms with Crippen molar-refractivity contribution in [2.45, 2.75) is 33.6 Å². The molecule has 0 aromatic rings. The van der Waals surface area contributed by atoms with Crippen LogP contribution in [-0.4, -0.2) is 16.8 Å². The lowest BCUT2D eigenvalue weighted by molar-refractivity contribution is -0.136. The Bertz CT molecular complexity index is 217. The standard InChI is InChI=1S/C9H15NO2/c1-4-7(2)10-8(3)5-6-9(11)12/h4H,5-6H2,1-3H3,(H,11,12)/b7-4-,10-8?. The smallest absolute Gasteiger partial charge is 0.303 e. The van der Waals surface area contributed by atoms with E-state index < -0.39 is 5.97 Å². The second-order valence-corrected chi connectivity index (χ2v) is 2.67. The molecule has 3 heteroatoms. The number of hydrogen-bond donors (Lipinski definition) is 1. The maximum atomic E-state index is 10.2. The van der Waals surface area contributed by atoms with Crippen LogP contribution in [-0.2, 0) is 4.79 Å². The monoisotopic (exact) mass is 169 g/mol. The molecule has 0 heterocycles. The Morgan fingerprint density at radius 3 is 2.42 bits per heavy atom. The Morgan fingerprint density at radius 1 is 1.42 bits per heavy atom. The Hall–Kier alpha value is -1.12. The Morgan fingerprint density at radius 2 is 2.00 bits per heavy atom. The first-order valence-corrected chi connectivity index (χ1v) is 3.95. The molecule has 0 amide bonds. The zero-order valence-electron chi connectivity index (χ0n) is 7.79. The number of carbonyl (C=O) groups is 1. The zero-order chi connectivity index (χ0) is 9.56. The van der Waals surface area contributed by atoms with Crippen LogP contribution in [0.2, 0.25) is 0 Å². The molecule has 0 unspecified atom stereocenters. The van der Waals surface area contributed by atoms with Gasteiger partial charge < -0.3 is 5.11 Å². The summed E-state index contributed by atoms with van der Waals surface area (Å²) in [4.78, 5) is 14.4. The molecule has 0 saturated heterocycles. The normalized spacial score (nSPS) is 13.2. The lowest BCUT2D eigenvalue weighted by atomic mass is 10.2. The molecule has 0 fully saturated rings. The Labute approximate surface area is 72.8 Å². The number of aliphatic carboxylic acids is 1. The summed E-state index contributed by atoms with van der Waals surface area (Å²) in [6.45, 7) is 5.64. The summed E-state index contributed by atoms with van der Waals surface area (Å²) in [6, 6.07) is 0. The molecule has 68 valence electrons. The van der Waals surface area contributed by atoms with Crippen LogP contribution in [0.4, 0.5) is 0 Å². The summed E-state index contributed by atoms with van der Waals surface area (Å²) >= 11 is 0. The van der Waals surface area contributed by atoms with Crippen molar-refractivity contribution in [2.24, 2.45) is 4.99 Å². The molecule has 0 radical (unpaired) electrons. The molecular formula is C9H15NO2. The third-order valence-corrected chi connectivity index (χ3v) is 1.49. The van der Waals surface area contributed by atoms with Crippen LogP contribution in [0.15, 0.2) is 16.8 Å². The second-order valence-electron chi connectivity index (χ2n) is 2.67. The Kier molecular flexibility index (Phi) is 5.00. The highest BCUT2D eigenvalue weighted by Crippen LogP contribution is 1.99. The van der Waals surface area contributed by atoms with Gasteiger partial charge in [0.15, 0.2) is 0 Å². The van der Waals surface area contributed by atoms with Crippen molar-refractivity contribution in [1.29, 1.82) is 0 Å². The van der Waals surface area contributed by atoms with Gasteiger partial charge in [0.2, 0.25) is 0 Å². The van der Waals surface area contributed by atoms with Gasteiger partial charge in [0, 0.05) is 11.4 Å². The van der Waals surface area contributed by atoms with Crippen molar-refractivity contribution in [3.8, 4) is 0 Å². The third kappa shape index (κ3) is 5.65. The predicted molar refractivity (Wildman–Crippen MR) is 49.4 cm³/mol. The third-order valence-electron chi connectivity index (χ3n) is 1.49. The molecule has 3 nitrogen and oxygen atoms in total. The van der Waals surface area contributed by atoms with Gasteiger partial charge in [-0.3, -0.25) is 9.79 Å². The minimum atomic E-state index is -0.775. The molecule has 0 bridgehead atoms. The topological polar surface area (TPSA) is 49.7 Å². The summed E-state index contributed by atoms with van der Waals surface area (Å²) in [7, 11) is 0. The number of carboxylic acid groups (broad SMARTS) is 1. The number of nitrogens with zero attached hydrogens (tertiary/aromatic N) is 1. The molecule has 0 spiro atoms. The maximum absolute atomic E-state index is 10.2. The zero-order valence-corrected chi connectivity index (χ0v) is 7.79. The number of allylic oxidation sites excluding steroid dienone is 2. The van der Waals surface area contributed by atoms with Gasteiger partial charge in [-0.1, -0.05) is 6.08 Å². The summed E-state index contributed by atoms with van der Waals surface area (Å²) in [6.07, 6.45) is 2.58. The molecule has 0 aliphatic heterocycles. The van der Waals surface area contributed by atoms with Gasteiger partial charge in [0.1, 0.15) is 0 Å². The fourth-order valence-corrected chi connectivity index (χ4v) is 0.709. The minimum Gasteiger partial charge on any atom is -0.481 e. The van der Waals surface area contributed by atoms with E-state index in [9.17, 15) is 4.79 Å². The van der Waals surface area contributed by atoms with E-state index in [2.05, 4.69) is 4.99 Å². The lowest BCUT2D eigenvalue weighted by Gasteiger charge is -1.97. The van der Waals surface area contributed by atoms with E-state index >= 15 is 0 Å². The van der Waals surface area contributed by atoms with Gasteiger partial charge in [0.25, 0.3) is 0 Å². The lowest BCUT2D eigenvalue weighted by Crippen LogP contribution is -1.99. The van der Waals surface area contributed by atoms with Crippen LogP contribution < -0.4 is 0 Å². The molecule has 0 aromatic carbocycles. The average molecular weight is 169 g/mol. The SMILES string of the molecule is C/C=C(/C)N=C(C)CCC(=O)O. The van der Waals surface area contributed by atoms with Crippen LogP contribution in [0, 0.1) is 0 Å². The van der Waals surface area contributed by atoms with Gasteiger partial charge in [-0.05, 0) is 27.2 Å². The number of carboxylic acids is 1. The fourth-order valence-electron chi connectivity index (χ4n) is 0.709. The maximum Gasteiger partial charge on any atom is 0.303 e. The van der Waals surface area contributed by atoms with Crippen molar-refractivity contribution in [3.63, 3.8) is 0 Å². The molecule has 0 rings (SSSR count). The van der Waals surface area contributed by atoms with Gasteiger partial charge in [-0.15, -0.1) is 0 Å². The van der Waals surface area contributed by atoms with Crippen LogP contribution in [0.1, 0.15) is 33.6 Å². The van der Waals surface area contributed by atoms with Gasteiger partial charge >= 0.3 is 5.97 Å². The number of aliphatic imine (C=N–C) groups is 1. The molecular weight excluding hydrogens is 154 g/mol. The van der Waals surface area contributed by atoms with Crippen molar-refractivity contribution in [2.75, 3.05) is 0 Å². The molecule has 0 aliphatic rings. The van der Waals surface area contributed by atoms with Gasteiger partial charge in [-0.2, -0.15) is 0 Å². The fraction of sp³-hybridized carbons (Fsp3) is 0.556. The summed E-state index contributed by atoms with van der Waals surface area (Å²) in [5.41, 5.74) is 1.80. The van der Waals surface area contributed by atoms with Crippen molar-refractivity contribution in [1.82, 2.24) is 0 Å². The largest absolute Gasteiger partial charge is 0.481 e.